The number of anilines is 1. The number of hydrogen-bond acceptors (Lipinski definition) is 4. The number of imidazole rings is 1. The number of pyridine rings is 1. The highest BCUT2D eigenvalue weighted by atomic mass is 19.3. The van der Waals surface area contributed by atoms with Crippen LogP contribution in [0.2, 0.25) is 0 Å². The van der Waals surface area contributed by atoms with E-state index in [2.05, 4.69) is 15.0 Å². The van der Waals surface area contributed by atoms with Gasteiger partial charge in [-0.2, -0.15) is 8.78 Å². The number of aromatic nitrogens is 2. The minimum Gasteiger partial charge on any atom is -0.476 e. The summed E-state index contributed by atoms with van der Waals surface area (Å²) in [5.41, 5.74) is 1.64. The van der Waals surface area contributed by atoms with Gasteiger partial charge in [-0.1, -0.05) is 12.1 Å². The number of halogens is 2. The van der Waals surface area contributed by atoms with E-state index in [0.717, 1.165) is 0 Å². The molecule has 0 aliphatic carbocycles. The zero-order chi connectivity index (χ0) is 17.1. The molecule has 0 unspecified atom stereocenters. The molecule has 0 radical (unpaired) electrons. The molecule has 1 aromatic carbocycles. The Morgan fingerprint density at radius 2 is 2.17 bits per heavy atom. The minimum absolute atomic E-state index is 0.0463. The average Bonchev–Trinajstić information content (AvgIpc) is 3.00. The average molecular weight is 333 g/mol. The van der Waals surface area contributed by atoms with E-state index in [4.69, 9.17) is 0 Å². The quantitative estimate of drug-likeness (QED) is 0.724. The lowest BCUT2D eigenvalue weighted by Crippen LogP contribution is -2.11. The third kappa shape index (κ3) is 3.27. The monoisotopic (exact) mass is 333 g/mol. The fourth-order valence-electron chi connectivity index (χ4n) is 2.38. The Kier molecular flexibility index (Phi) is 4.28. The van der Waals surface area contributed by atoms with Gasteiger partial charge < -0.3 is 15.2 Å². The highest BCUT2D eigenvalue weighted by Crippen LogP contribution is 2.20. The number of aromatic carboxylic acids is 1. The summed E-state index contributed by atoms with van der Waals surface area (Å²) in [6.07, 6.45) is 3.07. The molecule has 8 heteroatoms. The van der Waals surface area contributed by atoms with Crippen molar-refractivity contribution in [2.45, 2.75) is 13.2 Å². The van der Waals surface area contributed by atoms with Gasteiger partial charge in [-0.05, 0) is 29.8 Å². The molecule has 2 aromatic heterocycles. The van der Waals surface area contributed by atoms with Crippen molar-refractivity contribution < 1.29 is 23.4 Å². The summed E-state index contributed by atoms with van der Waals surface area (Å²) < 4.78 is 30.3. The van der Waals surface area contributed by atoms with Gasteiger partial charge in [0.2, 0.25) is 0 Å². The summed E-state index contributed by atoms with van der Waals surface area (Å²) in [5, 5.41) is 12.4. The third-order valence-electron chi connectivity index (χ3n) is 3.37. The second kappa shape index (κ2) is 6.53. The number of carboxylic acids is 1. The van der Waals surface area contributed by atoms with Crippen LogP contribution in [0.3, 0.4) is 0 Å². The zero-order valence-electron chi connectivity index (χ0n) is 12.3. The molecule has 0 saturated carbocycles. The van der Waals surface area contributed by atoms with Crippen LogP contribution >= 0.6 is 0 Å². The molecule has 24 heavy (non-hydrogen) atoms. The van der Waals surface area contributed by atoms with Crippen molar-refractivity contribution in [3.63, 3.8) is 0 Å². The second-order valence-corrected chi connectivity index (χ2v) is 4.94. The Bertz CT molecular complexity index is 880. The number of hydrogen-bond donors (Lipinski definition) is 2. The zero-order valence-corrected chi connectivity index (χ0v) is 12.3. The van der Waals surface area contributed by atoms with Crippen LogP contribution in [0.1, 0.15) is 16.1 Å². The first kappa shape index (κ1) is 15.7. The van der Waals surface area contributed by atoms with Gasteiger partial charge in [0.15, 0.2) is 5.69 Å². The van der Waals surface area contributed by atoms with Crippen LogP contribution in [0.15, 0.2) is 48.8 Å². The number of alkyl halides is 2. The lowest BCUT2D eigenvalue weighted by atomic mass is 10.2. The van der Waals surface area contributed by atoms with E-state index < -0.39 is 12.6 Å². The van der Waals surface area contributed by atoms with Gasteiger partial charge in [0, 0.05) is 18.9 Å². The molecule has 3 aromatic rings. The molecule has 124 valence electrons. The molecule has 6 nitrogen and oxygen atoms in total. The van der Waals surface area contributed by atoms with Gasteiger partial charge in [0.1, 0.15) is 11.4 Å². The van der Waals surface area contributed by atoms with Crippen molar-refractivity contribution in [2.24, 2.45) is 0 Å². The normalized spacial score (nSPS) is 11.0. The molecule has 2 N–H and O–H groups in total. The Balaban J connectivity index is 1.83. The van der Waals surface area contributed by atoms with E-state index in [9.17, 15) is 18.7 Å². The first-order valence-corrected chi connectivity index (χ1v) is 7.01. The SMILES string of the molecule is O=C(O)c1c(NCc2cccc(OC(F)F)c2)ccc2nccn12. The van der Waals surface area contributed by atoms with E-state index in [0.29, 0.717) is 16.9 Å². The first-order chi connectivity index (χ1) is 11.5. The topological polar surface area (TPSA) is 75.9 Å². The summed E-state index contributed by atoms with van der Waals surface area (Å²) in [6.45, 7) is -2.64. The Labute approximate surface area is 135 Å². The van der Waals surface area contributed by atoms with Crippen molar-refractivity contribution in [1.29, 1.82) is 0 Å². The molecule has 0 fully saturated rings. The van der Waals surface area contributed by atoms with E-state index in [-0.39, 0.29) is 18.0 Å². The van der Waals surface area contributed by atoms with Crippen LogP contribution in [0, 0.1) is 0 Å². The second-order valence-electron chi connectivity index (χ2n) is 4.94. The highest BCUT2D eigenvalue weighted by Gasteiger charge is 2.15. The molecule has 0 bridgehead atoms. The van der Waals surface area contributed by atoms with Gasteiger partial charge in [-0.25, -0.2) is 9.78 Å². The Morgan fingerprint density at radius 3 is 2.92 bits per heavy atom. The molecule has 0 atom stereocenters. The molecule has 0 aliphatic rings. The van der Waals surface area contributed by atoms with Crippen molar-refractivity contribution in [1.82, 2.24) is 9.38 Å². The summed E-state index contributed by atoms with van der Waals surface area (Å²) in [5.74, 6) is -1.05. The number of fused-ring (bicyclic) bond motifs is 1. The van der Waals surface area contributed by atoms with Gasteiger partial charge >= 0.3 is 12.6 Å². The molecule has 0 amide bonds. The first-order valence-electron chi connectivity index (χ1n) is 7.01. The fourth-order valence-corrected chi connectivity index (χ4v) is 2.38. The summed E-state index contributed by atoms with van der Waals surface area (Å²) in [7, 11) is 0. The molecule has 3 rings (SSSR count). The number of nitrogens with zero attached hydrogens (tertiary/aromatic N) is 2. The Morgan fingerprint density at radius 1 is 1.33 bits per heavy atom. The van der Waals surface area contributed by atoms with Crippen LogP contribution in [-0.2, 0) is 6.54 Å². The Hall–Kier alpha value is -3.16. The van der Waals surface area contributed by atoms with Crippen LogP contribution < -0.4 is 10.1 Å². The van der Waals surface area contributed by atoms with Crippen molar-refractivity contribution in [2.75, 3.05) is 5.32 Å². The predicted molar refractivity (Wildman–Crippen MR) is 82.6 cm³/mol. The maximum Gasteiger partial charge on any atom is 0.387 e. The predicted octanol–water partition coefficient (Wildman–Crippen LogP) is 3.25. The van der Waals surface area contributed by atoms with Gasteiger partial charge in [0.25, 0.3) is 0 Å². The van der Waals surface area contributed by atoms with Crippen LogP contribution in [-0.4, -0.2) is 27.1 Å². The summed E-state index contributed by atoms with van der Waals surface area (Å²) in [4.78, 5) is 15.6. The number of rotatable bonds is 6. The fraction of sp³-hybridized carbons (Fsp3) is 0.125. The van der Waals surface area contributed by atoms with Crippen LogP contribution in [0.4, 0.5) is 14.5 Å². The van der Waals surface area contributed by atoms with E-state index in [1.54, 1.807) is 30.5 Å². The standard InChI is InChI=1S/C16H13F2N3O3/c17-16(18)24-11-3-1-2-10(8-11)9-20-12-4-5-13-19-6-7-21(13)14(12)15(22)23/h1-8,16,20H,9H2,(H,22,23). The molecule has 0 aliphatic heterocycles. The maximum atomic E-state index is 12.3. The van der Waals surface area contributed by atoms with E-state index in [1.807, 2.05) is 0 Å². The lowest BCUT2D eigenvalue weighted by molar-refractivity contribution is -0.0498. The summed E-state index contributed by atoms with van der Waals surface area (Å²) >= 11 is 0. The molecule has 2 heterocycles. The van der Waals surface area contributed by atoms with E-state index >= 15 is 0 Å². The van der Waals surface area contributed by atoms with Gasteiger partial charge in [-0.15, -0.1) is 0 Å². The minimum atomic E-state index is -2.89. The number of benzene rings is 1. The number of ether oxygens (including phenoxy) is 1. The summed E-state index contributed by atoms with van der Waals surface area (Å²) in [6, 6.07) is 9.51. The third-order valence-corrected chi connectivity index (χ3v) is 3.37. The number of nitrogens with one attached hydrogen (secondary N) is 1. The van der Waals surface area contributed by atoms with Crippen molar-refractivity contribution >= 4 is 17.3 Å². The van der Waals surface area contributed by atoms with Crippen molar-refractivity contribution in [3.8, 4) is 5.75 Å². The van der Waals surface area contributed by atoms with Gasteiger partial charge in [0.05, 0.1) is 5.69 Å². The van der Waals surface area contributed by atoms with Crippen LogP contribution in [0.25, 0.3) is 5.65 Å². The van der Waals surface area contributed by atoms with Crippen LogP contribution in [0.5, 0.6) is 5.75 Å². The molecule has 0 spiro atoms. The molecule has 0 saturated heterocycles. The number of carboxylic acid groups (broad SMARTS) is 1. The number of carbonyl (C=O) groups is 1. The smallest absolute Gasteiger partial charge is 0.387 e. The lowest BCUT2D eigenvalue weighted by Gasteiger charge is -2.12. The molecular formula is C16H13F2N3O3. The highest BCUT2D eigenvalue weighted by molar-refractivity contribution is 5.93. The van der Waals surface area contributed by atoms with Gasteiger partial charge in [-0.3, -0.25) is 4.40 Å². The maximum absolute atomic E-state index is 12.3. The molecular weight excluding hydrogens is 320 g/mol. The van der Waals surface area contributed by atoms with Crippen molar-refractivity contribution in [3.05, 3.63) is 60.0 Å². The van der Waals surface area contributed by atoms with E-state index in [1.165, 1.54) is 22.7 Å². The largest absolute Gasteiger partial charge is 0.476 e.